The standard InChI is InChI=1S/C13H14FNO3S/c1-2-19(17,18)12-11(13(12,7-15)8-16)9-4-3-5-10(14)6-9/h3-6,11-12,16H,2,8H2,1H3. The van der Waals surface area contributed by atoms with Crippen LogP contribution in [0.25, 0.3) is 0 Å². The number of halogens is 1. The Bertz CT molecular complexity index is 638. The minimum absolute atomic E-state index is 0.104. The fourth-order valence-electron chi connectivity index (χ4n) is 2.64. The normalized spacial score (nSPS) is 29.8. The van der Waals surface area contributed by atoms with Gasteiger partial charge in [0.1, 0.15) is 11.2 Å². The van der Waals surface area contributed by atoms with Crippen molar-refractivity contribution in [2.45, 2.75) is 18.1 Å². The largest absolute Gasteiger partial charge is 0.395 e. The Balaban J connectivity index is 2.49. The number of rotatable bonds is 4. The van der Waals surface area contributed by atoms with Gasteiger partial charge in [0.15, 0.2) is 9.84 Å². The zero-order chi connectivity index (χ0) is 14.3. The van der Waals surface area contributed by atoms with Crippen LogP contribution in [0.3, 0.4) is 0 Å². The Morgan fingerprint density at radius 2 is 2.21 bits per heavy atom. The van der Waals surface area contributed by atoms with Crippen molar-refractivity contribution in [3.05, 3.63) is 35.6 Å². The zero-order valence-electron chi connectivity index (χ0n) is 10.4. The monoisotopic (exact) mass is 283 g/mol. The van der Waals surface area contributed by atoms with Crippen molar-refractivity contribution in [3.8, 4) is 6.07 Å². The molecule has 102 valence electrons. The van der Waals surface area contributed by atoms with Crippen LogP contribution in [0.2, 0.25) is 0 Å². The van der Waals surface area contributed by atoms with E-state index in [0.29, 0.717) is 5.56 Å². The number of hydrogen-bond acceptors (Lipinski definition) is 4. The molecule has 4 nitrogen and oxygen atoms in total. The third-order valence-electron chi connectivity index (χ3n) is 3.72. The first kappa shape index (κ1) is 14.0. The highest BCUT2D eigenvalue weighted by atomic mass is 32.2. The summed E-state index contributed by atoms with van der Waals surface area (Å²) >= 11 is 0. The molecule has 0 spiro atoms. The van der Waals surface area contributed by atoms with Crippen molar-refractivity contribution in [3.63, 3.8) is 0 Å². The number of benzene rings is 1. The van der Waals surface area contributed by atoms with Crippen LogP contribution in [0.5, 0.6) is 0 Å². The van der Waals surface area contributed by atoms with E-state index in [-0.39, 0.29) is 5.75 Å². The quantitative estimate of drug-likeness (QED) is 0.901. The van der Waals surface area contributed by atoms with Gasteiger partial charge in [0.2, 0.25) is 0 Å². The summed E-state index contributed by atoms with van der Waals surface area (Å²) in [5, 5.41) is 17.7. The van der Waals surface area contributed by atoms with E-state index in [2.05, 4.69) is 0 Å². The first-order valence-electron chi connectivity index (χ1n) is 5.92. The van der Waals surface area contributed by atoms with Gasteiger partial charge < -0.3 is 5.11 Å². The number of sulfone groups is 1. The van der Waals surface area contributed by atoms with Crippen LogP contribution in [0.15, 0.2) is 24.3 Å². The van der Waals surface area contributed by atoms with Gasteiger partial charge in [0.25, 0.3) is 0 Å². The molecule has 6 heteroatoms. The Kier molecular flexibility index (Phi) is 3.37. The first-order chi connectivity index (χ1) is 8.93. The Morgan fingerprint density at radius 1 is 1.53 bits per heavy atom. The van der Waals surface area contributed by atoms with Crippen LogP contribution < -0.4 is 0 Å². The molecular weight excluding hydrogens is 269 g/mol. The molecule has 0 bridgehead atoms. The van der Waals surface area contributed by atoms with Crippen molar-refractivity contribution in [1.29, 1.82) is 5.26 Å². The van der Waals surface area contributed by atoms with E-state index >= 15 is 0 Å². The summed E-state index contributed by atoms with van der Waals surface area (Å²) in [7, 11) is -3.47. The molecule has 0 heterocycles. The molecule has 0 radical (unpaired) electrons. The Morgan fingerprint density at radius 3 is 2.68 bits per heavy atom. The second kappa shape index (κ2) is 4.58. The Labute approximate surface area is 111 Å². The lowest BCUT2D eigenvalue weighted by atomic mass is 10.0. The van der Waals surface area contributed by atoms with Gasteiger partial charge in [0, 0.05) is 11.7 Å². The van der Waals surface area contributed by atoms with Gasteiger partial charge in [-0.3, -0.25) is 0 Å². The van der Waals surface area contributed by atoms with Crippen molar-refractivity contribution in [1.82, 2.24) is 0 Å². The number of nitrogens with zero attached hydrogens (tertiary/aromatic N) is 1. The van der Waals surface area contributed by atoms with Crippen molar-refractivity contribution < 1.29 is 17.9 Å². The van der Waals surface area contributed by atoms with Crippen LogP contribution in [0.4, 0.5) is 4.39 Å². The number of aliphatic hydroxyl groups is 1. The molecule has 0 aromatic heterocycles. The molecule has 3 unspecified atom stereocenters. The minimum Gasteiger partial charge on any atom is -0.395 e. The van der Waals surface area contributed by atoms with Crippen molar-refractivity contribution >= 4 is 9.84 Å². The second-order valence-electron chi connectivity index (χ2n) is 4.72. The number of aliphatic hydroxyl groups excluding tert-OH is 1. The summed E-state index contributed by atoms with van der Waals surface area (Å²) < 4.78 is 37.2. The predicted molar refractivity (Wildman–Crippen MR) is 67.5 cm³/mol. The minimum atomic E-state index is -3.47. The summed E-state index contributed by atoms with van der Waals surface area (Å²) in [5.41, 5.74) is -0.902. The van der Waals surface area contributed by atoms with Gasteiger partial charge in [-0.25, -0.2) is 12.8 Å². The molecule has 19 heavy (non-hydrogen) atoms. The van der Waals surface area contributed by atoms with Crippen LogP contribution in [0.1, 0.15) is 18.4 Å². The van der Waals surface area contributed by atoms with Crippen LogP contribution in [-0.2, 0) is 9.84 Å². The topological polar surface area (TPSA) is 78.2 Å². The highest BCUT2D eigenvalue weighted by molar-refractivity contribution is 7.92. The van der Waals surface area contributed by atoms with Gasteiger partial charge >= 0.3 is 0 Å². The summed E-state index contributed by atoms with van der Waals surface area (Å²) in [6.07, 6.45) is 0. The van der Waals surface area contributed by atoms with Crippen LogP contribution in [0, 0.1) is 22.6 Å². The highest BCUT2D eigenvalue weighted by Gasteiger charge is 2.71. The van der Waals surface area contributed by atoms with Gasteiger partial charge in [-0.05, 0) is 17.7 Å². The van der Waals surface area contributed by atoms with Gasteiger partial charge in [-0.1, -0.05) is 19.1 Å². The van der Waals surface area contributed by atoms with E-state index < -0.39 is 38.8 Å². The third-order valence-corrected chi connectivity index (χ3v) is 5.99. The van der Waals surface area contributed by atoms with Crippen molar-refractivity contribution in [2.75, 3.05) is 12.4 Å². The Hall–Kier alpha value is -1.45. The summed E-state index contributed by atoms with van der Waals surface area (Å²) in [6.45, 7) is 0.949. The molecule has 1 saturated carbocycles. The average molecular weight is 283 g/mol. The molecule has 1 aliphatic rings. The summed E-state index contributed by atoms with van der Waals surface area (Å²) in [6, 6.07) is 7.44. The van der Waals surface area contributed by atoms with E-state index in [0.717, 1.165) is 0 Å². The maximum absolute atomic E-state index is 13.2. The molecule has 0 amide bonds. The lowest BCUT2D eigenvalue weighted by Gasteiger charge is -2.03. The molecule has 0 aliphatic heterocycles. The molecule has 1 N–H and O–H groups in total. The van der Waals surface area contributed by atoms with Crippen LogP contribution in [-0.4, -0.2) is 31.1 Å². The molecule has 1 aromatic rings. The van der Waals surface area contributed by atoms with Crippen molar-refractivity contribution in [2.24, 2.45) is 5.41 Å². The zero-order valence-corrected chi connectivity index (χ0v) is 11.2. The van der Waals surface area contributed by atoms with E-state index in [4.69, 9.17) is 0 Å². The second-order valence-corrected chi connectivity index (χ2v) is 7.13. The smallest absolute Gasteiger partial charge is 0.155 e. The molecule has 0 saturated heterocycles. The fraction of sp³-hybridized carbons (Fsp3) is 0.462. The molecule has 1 aliphatic carbocycles. The molecule has 3 atom stereocenters. The fourth-order valence-corrected chi connectivity index (χ4v) is 4.65. The van der Waals surface area contributed by atoms with Crippen LogP contribution >= 0.6 is 0 Å². The first-order valence-corrected chi connectivity index (χ1v) is 7.63. The summed E-state index contributed by atoms with van der Waals surface area (Å²) in [5.74, 6) is -1.25. The van der Waals surface area contributed by atoms with E-state index in [1.165, 1.54) is 25.1 Å². The van der Waals surface area contributed by atoms with E-state index in [1.807, 2.05) is 6.07 Å². The number of hydrogen-bond donors (Lipinski definition) is 1. The highest BCUT2D eigenvalue weighted by Crippen LogP contribution is 2.62. The van der Waals surface area contributed by atoms with Gasteiger partial charge in [-0.15, -0.1) is 0 Å². The molecule has 1 fully saturated rings. The lowest BCUT2D eigenvalue weighted by molar-refractivity contribution is 0.242. The maximum Gasteiger partial charge on any atom is 0.155 e. The molecular formula is C13H14FNO3S. The maximum atomic E-state index is 13.2. The number of nitriles is 1. The third kappa shape index (κ3) is 2.03. The lowest BCUT2D eigenvalue weighted by Crippen LogP contribution is -2.19. The molecule has 1 aromatic carbocycles. The van der Waals surface area contributed by atoms with Gasteiger partial charge in [0.05, 0.1) is 17.9 Å². The average Bonchev–Trinajstić information content (AvgIpc) is 3.09. The SMILES string of the molecule is CCS(=O)(=O)C1C(c2cccc(F)c2)C1(C#N)CO. The predicted octanol–water partition coefficient (Wildman–Crippen LogP) is 1.23. The van der Waals surface area contributed by atoms with Gasteiger partial charge in [-0.2, -0.15) is 5.26 Å². The van der Waals surface area contributed by atoms with E-state index in [1.54, 1.807) is 6.07 Å². The molecule has 2 rings (SSSR count). The van der Waals surface area contributed by atoms with E-state index in [9.17, 15) is 23.2 Å². The summed E-state index contributed by atoms with van der Waals surface area (Å²) in [4.78, 5) is 0.